The molecule has 0 radical (unpaired) electrons. The van der Waals surface area contributed by atoms with E-state index in [0.29, 0.717) is 18.3 Å². The molecule has 0 heterocycles. The van der Waals surface area contributed by atoms with Crippen LogP contribution >= 0.6 is 11.8 Å². The number of benzene rings is 2. The highest BCUT2D eigenvalue weighted by atomic mass is 32.2. The van der Waals surface area contributed by atoms with Crippen LogP contribution in [0.15, 0.2) is 48.5 Å². The van der Waals surface area contributed by atoms with E-state index in [0.717, 1.165) is 22.6 Å². The van der Waals surface area contributed by atoms with Crippen LogP contribution in [0.5, 0.6) is 5.75 Å². The van der Waals surface area contributed by atoms with Gasteiger partial charge in [0.15, 0.2) is 5.78 Å². The second kappa shape index (κ2) is 8.78. The molecule has 2 rings (SSSR count). The molecule has 0 atom stereocenters. The Morgan fingerprint density at radius 1 is 1.13 bits per heavy atom. The molecule has 0 saturated heterocycles. The van der Waals surface area contributed by atoms with Crippen molar-refractivity contribution < 1.29 is 9.53 Å². The molecule has 122 valence electrons. The smallest absolute Gasteiger partial charge is 0.163 e. The third-order valence-electron chi connectivity index (χ3n) is 3.44. The van der Waals surface area contributed by atoms with Crippen molar-refractivity contribution in [2.75, 3.05) is 5.75 Å². The van der Waals surface area contributed by atoms with Crippen molar-refractivity contribution in [2.24, 2.45) is 0 Å². The fourth-order valence-electron chi connectivity index (χ4n) is 2.24. The number of ether oxygens (including phenoxy) is 1. The summed E-state index contributed by atoms with van der Waals surface area (Å²) >= 11 is 1.82. The van der Waals surface area contributed by atoms with Gasteiger partial charge in [-0.25, -0.2) is 0 Å². The van der Waals surface area contributed by atoms with Crippen LogP contribution in [-0.4, -0.2) is 16.8 Å². The van der Waals surface area contributed by atoms with E-state index in [-0.39, 0.29) is 5.78 Å². The molecule has 0 aromatic heterocycles. The van der Waals surface area contributed by atoms with Crippen LogP contribution in [0.2, 0.25) is 0 Å². The van der Waals surface area contributed by atoms with Gasteiger partial charge >= 0.3 is 0 Å². The Balaban J connectivity index is 1.85. The first-order chi connectivity index (χ1) is 11.0. The van der Waals surface area contributed by atoms with E-state index in [1.165, 1.54) is 5.56 Å². The van der Waals surface area contributed by atoms with Crippen molar-refractivity contribution in [3.05, 3.63) is 65.2 Å². The van der Waals surface area contributed by atoms with Crippen molar-refractivity contribution in [3.8, 4) is 5.75 Å². The molecule has 0 aliphatic carbocycles. The maximum absolute atomic E-state index is 12.1. The quantitative estimate of drug-likeness (QED) is 0.616. The van der Waals surface area contributed by atoms with E-state index < -0.39 is 0 Å². The maximum atomic E-state index is 12.1. The molecule has 3 heteroatoms. The Morgan fingerprint density at radius 3 is 2.52 bits per heavy atom. The second-order valence-corrected chi connectivity index (χ2v) is 7.58. The summed E-state index contributed by atoms with van der Waals surface area (Å²) in [7, 11) is 0. The number of carbonyl (C=O) groups is 1. The summed E-state index contributed by atoms with van der Waals surface area (Å²) < 4.78 is 5.78. The highest BCUT2D eigenvalue weighted by Crippen LogP contribution is 2.17. The summed E-state index contributed by atoms with van der Waals surface area (Å²) in [5.41, 5.74) is 3.14. The number of ketones is 1. The Bertz CT molecular complexity index is 632. The largest absolute Gasteiger partial charge is 0.489 e. The molecular weight excluding hydrogens is 304 g/mol. The fraction of sp³-hybridized carbons (Fsp3) is 0.350. The van der Waals surface area contributed by atoms with Gasteiger partial charge in [-0.15, -0.1) is 0 Å². The number of aryl methyl sites for hydroxylation is 1. The first-order valence-corrected chi connectivity index (χ1v) is 9.02. The SMILES string of the molecule is Cc1cccc(COc2ccc(C(=O)CCSC(C)C)cc2)c1. The van der Waals surface area contributed by atoms with Crippen LogP contribution in [-0.2, 0) is 6.61 Å². The average Bonchev–Trinajstić information content (AvgIpc) is 2.53. The Kier molecular flexibility index (Phi) is 6.72. The number of hydrogen-bond donors (Lipinski definition) is 0. The molecule has 2 aromatic rings. The van der Waals surface area contributed by atoms with Gasteiger partial charge in [0, 0.05) is 17.7 Å². The Morgan fingerprint density at radius 2 is 1.87 bits per heavy atom. The van der Waals surface area contributed by atoms with E-state index >= 15 is 0 Å². The van der Waals surface area contributed by atoms with Crippen LogP contribution in [0.1, 0.15) is 41.8 Å². The molecule has 2 aromatic carbocycles. The van der Waals surface area contributed by atoms with Gasteiger partial charge in [0.2, 0.25) is 0 Å². The number of rotatable bonds is 8. The normalized spacial score (nSPS) is 10.8. The molecule has 0 unspecified atom stereocenters. The molecule has 0 spiro atoms. The molecule has 0 aliphatic rings. The van der Waals surface area contributed by atoms with Crippen molar-refractivity contribution >= 4 is 17.5 Å². The predicted octanol–water partition coefficient (Wildman–Crippen LogP) is 5.29. The topological polar surface area (TPSA) is 26.3 Å². The molecule has 0 fully saturated rings. The summed E-state index contributed by atoms with van der Waals surface area (Å²) in [6.07, 6.45) is 0.590. The lowest BCUT2D eigenvalue weighted by molar-refractivity contribution is 0.0989. The number of thioether (sulfide) groups is 1. The standard InChI is InChI=1S/C20H24O2S/c1-15(2)23-12-11-20(21)18-7-9-19(10-8-18)22-14-17-6-4-5-16(3)13-17/h4-10,13,15H,11-12,14H2,1-3H3. The maximum Gasteiger partial charge on any atom is 0.163 e. The highest BCUT2D eigenvalue weighted by Gasteiger charge is 2.07. The van der Waals surface area contributed by atoms with E-state index in [1.54, 1.807) is 0 Å². The van der Waals surface area contributed by atoms with Crippen molar-refractivity contribution in [1.29, 1.82) is 0 Å². The van der Waals surface area contributed by atoms with Gasteiger partial charge in [0.1, 0.15) is 12.4 Å². The number of carbonyl (C=O) groups excluding carboxylic acids is 1. The minimum absolute atomic E-state index is 0.198. The summed E-state index contributed by atoms with van der Waals surface area (Å²) in [5.74, 6) is 1.87. The van der Waals surface area contributed by atoms with Crippen molar-refractivity contribution in [2.45, 2.75) is 39.0 Å². The molecule has 0 saturated carbocycles. The summed E-state index contributed by atoms with van der Waals surface area (Å²) in [4.78, 5) is 12.1. The van der Waals surface area contributed by atoms with Gasteiger partial charge in [0.25, 0.3) is 0 Å². The van der Waals surface area contributed by atoms with Crippen LogP contribution in [0.3, 0.4) is 0 Å². The van der Waals surface area contributed by atoms with Gasteiger partial charge in [-0.05, 0) is 42.0 Å². The van der Waals surface area contributed by atoms with Crippen molar-refractivity contribution in [1.82, 2.24) is 0 Å². The molecule has 0 amide bonds. The van der Waals surface area contributed by atoms with E-state index in [4.69, 9.17) is 4.74 Å². The Hall–Kier alpha value is -1.74. The molecule has 23 heavy (non-hydrogen) atoms. The predicted molar refractivity (Wildman–Crippen MR) is 98.5 cm³/mol. The lowest BCUT2D eigenvalue weighted by Gasteiger charge is -2.08. The fourth-order valence-corrected chi connectivity index (χ4v) is 3.01. The lowest BCUT2D eigenvalue weighted by Crippen LogP contribution is -2.02. The third kappa shape index (κ3) is 6.11. The van der Waals surface area contributed by atoms with Gasteiger partial charge in [-0.2, -0.15) is 11.8 Å². The minimum Gasteiger partial charge on any atom is -0.489 e. The van der Waals surface area contributed by atoms with Crippen LogP contribution in [0, 0.1) is 6.92 Å². The van der Waals surface area contributed by atoms with Crippen LogP contribution in [0.4, 0.5) is 0 Å². The zero-order chi connectivity index (χ0) is 16.7. The molecule has 2 nitrogen and oxygen atoms in total. The monoisotopic (exact) mass is 328 g/mol. The average molecular weight is 328 g/mol. The Labute approximate surface area is 143 Å². The second-order valence-electron chi connectivity index (χ2n) is 5.89. The van der Waals surface area contributed by atoms with Gasteiger partial charge in [-0.3, -0.25) is 4.79 Å². The highest BCUT2D eigenvalue weighted by molar-refractivity contribution is 7.99. The van der Waals surface area contributed by atoms with Gasteiger partial charge in [-0.1, -0.05) is 43.7 Å². The zero-order valence-corrected chi connectivity index (χ0v) is 14.9. The third-order valence-corrected chi connectivity index (χ3v) is 4.55. The van der Waals surface area contributed by atoms with E-state index in [2.05, 4.69) is 39.0 Å². The van der Waals surface area contributed by atoms with Gasteiger partial charge < -0.3 is 4.74 Å². The number of hydrogen-bond acceptors (Lipinski definition) is 3. The lowest BCUT2D eigenvalue weighted by atomic mass is 10.1. The summed E-state index contributed by atoms with van der Waals surface area (Å²) in [5, 5.41) is 0.570. The van der Waals surface area contributed by atoms with Crippen LogP contribution < -0.4 is 4.74 Å². The first-order valence-electron chi connectivity index (χ1n) is 7.98. The van der Waals surface area contributed by atoms with Crippen LogP contribution in [0.25, 0.3) is 0 Å². The van der Waals surface area contributed by atoms with Gasteiger partial charge in [0.05, 0.1) is 0 Å². The summed E-state index contributed by atoms with van der Waals surface area (Å²) in [6, 6.07) is 15.7. The van der Waals surface area contributed by atoms with E-state index in [1.807, 2.05) is 42.1 Å². The number of Topliss-reactive ketones (excluding diaryl/α,β-unsaturated/α-hetero) is 1. The van der Waals surface area contributed by atoms with Crippen molar-refractivity contribution in [3.63, 3.8) is 0 Å². The zero-order valence-electron chi connectivity index (χ0n) is 14.0. The van der Waals surface area contributed by atoms with E-state index in [9.17, 15) is 4.79 Å². The molecular formula is C20H24O2S. The molecule has 0 N–H and O–H groups in total. The first kappa shape index (κ1) is 17.6. The summed E-state index contributed by atoms with van der Waals surface area (Å²) in [6.45, 7) is 6.91. The molecule has 0 bridgehead atoms. The minimum atomic E-state index is 0.198. The molecule has 0 aliphatic heterocycles.